The van der Waals surface area contributed by atoms with Crippen LogP contribution < -0.4 is 16.1 Å². The molecule has 0 saturated carbocycles. The topological polar surface area (TPSA) is 149 Å². The second kappa shape index (κ2) is 21.4. The molecule has 13 heteroatoms. The Kier molecular flexibility index (Phi) is 19.7. The summed E-state index contributed by atoms with van der Waals surface area (Å²) in [5.41, 5.74) is 1.65. The fraction of sp³-hybridized carbons (Fsp3) is 0.938. The van der Waals surface area contributed by atoms with E-state index < -0.39 is 22.0 Å². The average Bonchev–Trinajstić information content (AvgIpc) is 2.99. The predicted octanol–water partition coefficient (Wildman–Crippen LogP) is 4.61. The van der Waals surface area contributed by atoms with Crippen molar-refractivity contribution in [3.05, 3.63) is 0 Å². The molecule has 3 N–H and O–H groups in total. The SMILES string of the molecule is CC(C)(C)OC(=O)N1CCC(NC(=O)[C@@H]2CC[C@H](NOS(=O)(=O)[O-])CN2)CC1.CCCC[N+](CCCC)(CCCC)CCCC. The van der Waals surface area contributed by atoms with E-state index in [1.54, 1.807) is 4.90 Å². The summed E-state index contributed by atoms with van der Waals surface area (Å²) in [7, 11) is -4.80. The highest BCUT2D eigenvalue weighted by atomic mass is 32.3. The Labute approximate surface area is 274 Å². The van der Waals surface area contributed by atoms with Gasteiger partial charge < -0.3 is 29.3 Å². The van der Waals surface area contributed by atoms with Crippen molar-refractivity contribution in [1.82, 2.24) is 21.0 Å². The van der Waals surface area contributed by atoms with Crippen molar-refractivity contribution < 1.29 is 36.1 Å². The summed E-state index contributed by atoms with van der Waals surface area (Å²) in [5, 5.41) is 6.00. The number of carbonyl (C=O) groups is 2. The zero-order chi connectivity index (χ0) is 33.9. The molecule has 2 aliphatic heterocycles. The third kappa shape index (κ3) is 18.4. The number of likely N-dealkylation sites (tertiary alicyclic amines) is 1. The van der Waals surface area contributed by atoms with E-state index in [2.05, 4.69) is 48.1 Å². The molecule has 12 nitrogen and oxygen atoms in total. The summed E-state index contributed by atoms with van der Waals surface area (Å²) >= 11 is 0. The average molecular weight is 664 g/mol. The van der Waals surface area contributed by atoms with E-state index in [0.29, 0.717) is 45.3 Å². The third-order valence-corrected chi connectivity index (χ3v) is 8.79. The van der Waals surface area contributed by atoms with Crippen molar-refractivity contribution in [2.75, 3.05) is 45.8 Å². The molecule has 2 saturated heterocycles. The molecule has 0 spiro atoms. The van der Waals surface area contributed by atoms with Crippen LogP contribution in [0.5, 0.6) is 0 Å². The van der Waals surface area contributed by atoms with E-state index in [4.69, 9.17) is 4.74 Å². The molecule has 0 aromatic carbocycles. The number of quaternary nitrogens is 1. The number of piperidine rings is 2. The first-order valence-corrected chi connectivity index (χ1v) is 18.8. The predicted molar refractivity (Wildman–Crippen MR) is 177 cm³/mol. The first-order valence-electron chi connectivity index (χ1n) is 17.4. The van der Waals surface area contributed by atoms with Crippen LogP contribution in [0.2, 0.25) is 0 Å². The lowest BCUT2D eigenvalue weighted by molar-refractivity contribution is -0.929. The zero-order valence-electron chi connectivity index (χ0n) is 29.3. The molecule has 2 atom stereocenters. The van der Waals surface area contributed by atoms with Gasteiger partial charge >= 0.3 is 6.09 Å². The lowest BCUT2D eigenvalue weighted by Gasteiger charge is -2.39. The van der Waals surface area contributed by atoms with Gasteiger partial charge in [-0.15, -0.1) is 0 Å². The van der Waals surface area contributed by atoms with Crippen molar-refractivity contribution >= 4 is 22.4 Å². The highest BCUT2D eigenvalue weighted by molar-refractivity contribution is 7.80. The van der Waals surface area contributed by atoms with E-state index >= 15 is 0 Å². The Hall–Kier alpha value is -1.51. The summed E-state index contributed by atoms with van der Waals surface area (Å²) in [6.45, 7) is 21.8. The van der Waals surface area contributed by atoms with Gasteiger partial charge in [0.15, 0.2) is 0 Å². The van der Waals surface area contributed by atoms with Gasteiger partial charge in [-0.25, -0.2) is 13.2 Å². The molecule has 0 unspecified atom stereocenters. The molecule has 2 heterocycles. The van der Waals surface area contributed by atoms with E-state index in [1.807, 2.05) is 20.8 Å². The molecule has 0 aromatic heterocycles. The number of unbranched alkanes of at least 4 members (excludes halogenated alkanes) is 4. The van der Waals surface area contributed by atoms with Crippen LogP contribution in [0.25, 0.3) is 0 Å². The normalized spacial score (nSPS) is 19.9. The van der Waals surface area contributed by atoms with Crippen LogP contribution in [-0.4, -0.2) is 104 Å². The number of nitrogens with zero attached hydrogens (tertiary/aromatic N) is 2. The van der Waals surface area contributed by atoms with Gasteiger partial charge in [-0.2, -0.15) is 9.76 Å². The zero-order valence-corrected chi connectivity index (χ0v) is 30.1. The number of carbonyl (C=O) groups excluding carboxylic acids is 2. The monoisotopic (exact) mass is 663 g/mol. The molecule has 0 aromatic rings. The van der Waals surface area contributed by atoms with Crippen molar-refractivity contribution in [1.29, 1.82) is 0 Å². The van der Waals surface area contributed by atoms with Gasteiger partial charge in [0, 0.05) is 31.7 Å². The number of hydroxylamine groups is 1. The first-order chi connectivity index (χ1) is 21.2. The van der Waals surface area contributed by atoms with Crippen LogP contribution in [-0.2, 0) is 24.2 Å². The quantitative estimate of drug-likeness (QED) is 0.0878. The second-order valence-electron chi connectivity index (χ2n) is 13.7. The van der Waals surface area contributed by atoms with Crippen molar-refractivity contribution in [2.24, 2.45) is 0 Å². The standard InChI is InChI=1S/C16H30N4O7S.C16H36N/c1-16(2,3)26-15(22)20-8-6-11(7-9-20)18-14(21)13-5-4-12(10-17-13)19-27-28(23,24)25;1-5-9-13-17(14-10-6-2,15-11-7-3)16-12-8-4/h11-13,17,19H,4-10H2,1-3H3,(H,18,21)(H,23,24,25);5-16H2,1-4H3/q;+1/p-1/t12-,13-;/m0./s1. The molecule has 2 aliphatic rings. The smallest absolute Gasteiger partial charge is 0.410 e. The van der Waals surface area contributed by atoms with Crippen molar-refractivity contribution in [2.45, 2.75) is 149 Å². The fourth-order valence-corrected chi connectivity index (χ4v) is 6.04. The van der Waals surface area contributed by atoms with Crippen LogP contribution >= 0.6 is 0 Å². The number of hydrogen-bond acceptors (Lipinski definition) is 9. The number of ether oxygens (including phenoxy) is 1. The minimum Gasteiger partial charge on any atom is -0.724 e. The van der Waals surface area contributed by atoms with E-state index in [-0.39, 0.29) is 24.1 Å². The van der Waals surface area contributed by atoms with E-state index in [9.17, 15) is 22.6 Å². The molecule has 2 fully saturated rings. The summed E-state index contributed by atoms with van der Waals surface area (Å²) in [5.74, 6) is -0.133. The molecule has 2 amide bonds. The van der Waals surface area contributed by atoms with Crippen molar-refractivity contribution in [3.63, 3.8) is 0 Å². The van der Waals surface area contributed by atoms with E-state index in [1.165, 1.54) is 82.0 Å². The summed E-state index contributed by atoms with van der Waals surface area (Å²) in [6.07, 6.45) is 13.0. The highest BCUT2D eigenvalue weighted by Crippen LogP contribution is 2.18. The second-order valence-corrected chi connectivity index (χ2v) is 14.7. The molecule has 0 bridgehead atoms. The number of nitrogens with one attached hydrogen (secondary N) is 3. The Morgan fingerprint density at radius 3 is 1.71 bits per heavy atom. The van der Waals surface area contributed by atoms with Crippen LogP contribution in [0.15, 0.2) is 0 Å². The Morgan fingerprint density at radius 1 is 0.844 bits per heavy atom. The maximum Gasteiger partial charge on any atom is 0.410 e. The van der Waals surface area contributed by atoms with Gasteiger partial charge in [-0.05, 0) is 72.1 Å². The van der Waals surface area contributed by atoms with Crippen molar-refractivity contribution in [3.8, 4) is 0 Å². The summed E-state index contributed by atoms with van der Waals surface area (Å²) < 4.78 is 42.1. The lowest BCUT2D eigenvalue weighted by atomic mass is 9.99. The molecular formula is C32H65N5O7S. The van der Waals surface area contributed by atoms with Gasteiger partial charge in [0.25, 0.3) is 0 Å². The maximum atomic E-state index is 12.4. The molecule has 0 radical (unpaired) electrons. The Morgan fingerprint density at radius 2 is 1.33 bits per heavy atom. The van der Waals surface area contributed by atoms with Gasteiger partial charge in [0.05, 0.1) is 32.2 Å². The number of rotatable bonds is 17. The largest absolute Gasteiger partial charge is 0.724 e. The molecule has 0 aliphatic carbocycles. The van der Waals surface area contributed by atoms with E-state index in [0.717, 1.165) is 0 Å². The fourth-order valence-electron chi connectivity index (χ4n) is 5.79. The van der Waals surface area contributed by atoms with Crippen LogP contribution in [0.3, 0.4) is 0 Å². The Balaban J connectivity index is 0.000000512. The minimum absolute atomic E-state index is 0.0159. The number of amides is 2. The van der Waals surface area contributed by atoms with Gasteiger partial charge in [-0.1, -0.05) is 53.4 Å². The number of hydrogen-bond donors (Lipinski definition) is 3. The van der Waals surface area contributed by atoms with Gasteiger partial charge in [0.2, 0.25) is 16.3 Å². The van der Waals surface area contributed by atoms with Gasteiger partial charge in [-0.3, -0.25) is 4.79 Å². The summed E-state index contributed by atoms with van der Waals surface area (Å²) in [6, 6.07) is -0.784. The minimum atomic E-state index is -4.80. The first kappa shape index (κ1) is 41.5. The molecule has 45 heavy (non-hydrogen) atoms. The molecule has 266 valence electrons. The third-order valence-electron chi connectivity index (χ3n) is 8.48. The lowest BCUT2D eigenvalue weighted by Crippen LogP contribution is -2.56. The van der Waals surface area contributed by atoms with Crippen LogP contribution in [0.1, 0.15) is 126 Å². The maximum absolute atomic E-state index is 12.4. The van der Waals surface area contributed by atoms with Crippen LogP contribution in [0.4, 0.5) is 4.79 Å². The van der Waals surface area contributed by atoms with Gasteiger partial charge in [0.1, 0.15) is 5.60 Å². The molecular weight excluding hydrogens is 598 g/mol. The highest BCUT2D eigenvalue weighted by Gasteiger charge is 2.31. The Bertz CT molecular complexity index is 891. The molecule has 2 rings (SSSR count). The van der Waals surface area contributed by atoms with Crippen LogP contribution in [0, 0.1) is 0 Å². The summed E-state index contributed by atoms with van der Waals surface area (Å²) in [4.78, 5) is 26.1.